The summed E-state index contributed by atoms with van der Waals surface area (Å²) >= 11 is 5.10. The van der Waals surface area contributed by atoms with Crippen molar-refractivity contribution in [2.75, 3.05) is 18.6 Å². The maximum atomic E-state index is 12.4. The molecule has 0 bridgehead atoms. The number of rotatable bonds is 10. The fourth-order valence-electron chi connectivity index (χ4n) is 2.27. The Hall–Kier alpha value is -0.690. The van der Waals surface area contributed by atoms with Gasteiger partial charge in [0, 0.05) is 12.8 Å². The van der Waals surface area contributed by atoms with E-state index in [1.165, 1.54) is 6.26 Å². The minimum absolute atomic E-state index is 0.0644. The number of sulfone groups is 1. The molecule has 1 amide bonds. The summed E-state index contributed by atoms with van der Waals surface area (Å²) in [5.41, 5.74) is 4.99. The molecule has 118 valence electrons. The van der Waals surface area contributed by atoms with Crippen molar-refractivity contribution < 1.29 is 13.2 Å². The van der Waals surface area contributed by atoms with E-state index in [0.717, 1.165) is 12.8 Å². The summed E-state index contributed by atoms with van der Waals surface area (Å²) in [6.45, 7) is 4.29. The largest absolute Gasteiger partial charge is 0.392 e. The Balaban J connectivity index is 4.67. The Kier molecular flexibility index (Phi) is 8.27. The van der Waals surface area contributed by atoms with Crippen LogP contribution in [0.2, 0.25) is 0 Å². The van der Waals surface area contributed by atoms with Gasteiger partial charge in [0.05, 0.1) is 16.2 Å². The van der Waals surface area contributed by atoms with Crippen LogP contribution in [0.1, 0.15) is 46.0 Å². The zero-order valence-corrected chi connectivity index (χ0v) is 14.2. The number of hydrogen-bond donors (Lipinski definition) is 2. The summed E-state index contributed by atoms with van der Waals surface area (Å²) < 4.78 is 22.1. The van der Waals surface area contributed by atoms with Gasteiger partial charge in [0.2, 0.25) is 5.91 Å². The quantitative estimate of drug-likeness (QED) is 0.469. The van der Waals surface area contributed by atoms with Gasteiger partial charge < -0.3 is 11.1 Å². The molecule has 0 aromatic rings. The predicted octanol–water partition coefficient (Wildman–Crippen LogP) is 1.41. The summed E-state index contributed by atoms with van der Waals surface area (Å²) in [7, 11) is -3.00. The van der Waals surface area contributed by atoms with Crippen molar-refractivity contribution in [3.63, 3.8) is 0 Å². The van der Waals surface area contributed by atoms with E-state index in [1.807, 2.05) is 13.8 Å². The highest BCUT2D eigenvalue weighted by molar-refractivity contribution is 7.90. The average Bonchev–Trinajstić information content (AvgIpc) is 2.32. The summed E-state index contributed by atoms with van der Waals surface area (Å²) in [6.07, 6.45) is 4.45. The minimum atomic E-state index is -3.00. The normalized spacial score (nSPS) is 12.2. The van der Waals surface area contributed by atoms with Crippen LogP contribution in [0, 0.1) is 5.41 Å². The van der Waals surface area contributed by atoms with E-state index in [-0.39, 0.29) is 16.6 Å². The Morgan fingerprint density at radius 3 is 2.10 bits per heavy atom. The molecule has 0 unspecified atom stereocenters. The second kappa shape index (κ2) is 8.56. The lowest BCUT2D eigenvalue weighted by Crippen LogP contribution is -2.49. The highest BCUT2D eigenvalue weighted by atomic mass is 32.2. The summed E-state index contributed by atoms with van der Waals surface area (Å²) in [6, 6.07) is 0. The van der Waals surface area contributed by atoms with Crippen LogP contribution in [0.25, 0.3) is 0 Å². The van der Waals surface area contributed by atoms with E-state index < -0.39 is 15.3 Å². The van der Waals surface area contributed by atoms with Gasteiger partial charge in [-0.1, -0.05) is 38.9 Å². The fraction of sp³-hybridized carbons (Fsp3) is 0.846. The summed E-state index contributed by atoms with van der Waals surface area (Å²) in [5, 5.41) is 2.78. The van der Waals surface area contributed by atoms with Gasteiger partial charge in [0.25, 0.3) is 0 Å². The third-order valence-electron chi connectivity index (χ3n) is 3.24. The lowest BCUT2D eigenvalue weighted by molar-refractivity contribution is -0.128. The molecule has 0 saturated heterocycles. The monoisotopic (exact) mass is 322 g/mol. The topological polar surface area (TPSA) is 89.3 Å². The first-order valence-corrected chi connectivity index (χ1v) is 9.42. The van der Waals surface area contributed by atoms with E-state index in [9.17, 15) is 13.2 Å². The Morgan fingerprint density at radius 2 is 1.75 bits per heavy atom. The standard InChI is InChI=1S/C13H26N2O3S2/c1-4-7-13(8-5-2,11(14)19)12(16)15-9-6-10-20(3,17)18/h4-10H2,1-3H3,(H2,14,19)(H,15,16). The van der Waals surface area contributed by atoms with E-state index in [1.54, 1.807) is 0 Å². The van der Waals surface area contributed by atoms with Crippen LogP contribution in [-0.2, 0) is 14.6 Å². The van der Waals surface area contributed by atoms with Crippen LogP contribution in [-0.4, -0.2) is 37.9 Å². The second-order valence-electron chi connectivity index (χ2n) is 5.19. The zero-order chi connectivity index (χ0) is 15.8. The summed E-state index contributed by atoms with van der Waals surface area (Å²) in [5.74, 6) is -0.114. The predicted molar refractivity (Wildman–Crippen MR) is 86.4 cm³/mol. The molecular weight excluding hydrogens is 296 g/mol. The number of nitrogens with one attached hydrogen (secondary N) is 1. The molecule has 0 atom stereocenters. The Labute approximate surface area is 127 Å². The first-order chi connectivity index (χ1) is 9.19. The molecule has 0 radical (unpaired) electrons. The molecule has 0 aromatic heterocycles. The van der Waals surface area contributed by atoms with Gasteiger partial charge in [-0.15, -0.1) is 0 Å². The number of carbonyl (C=O) groups excluding carboxylic acids is 1. The third kappa shape index (κ3) is 6.17. The van der Waals surface area contributed by atoms with Crippen molar-refractivity contribution in [2.24, 2.45) is 11.1 Å². The molecule has 0 rings (SSSR count). The second-order valence-corrected chi connectivity index (χ2v) is 7.89. The first kappa shape index (κ1) is 19.3. The van der Waals surface area contributed by atoms with Gasteiger partial charge >= 0.3 is 0 Å². The molecule has 0 heterocycles. The van der Waals surface area contributed by atoms with Crippen molar-refractivity contribution >= 4 is 33.0 Å². The van der Waals surface area contributed by atoms with Crippen LogP contribution in [0.3, 0.4) is 0 Å². The number of hydrogen-bond acceptors (Lipinski definition) is 4. The molecule has 0 saturated carbocycles. The molecule has 7 heteroatoms. The Bertz CT molecular complexity index is 427. The molecule has 0 aromatic carbocycles. The zero-order valence-electron chi connectivity index (χ0n) is 12.6. The van der Waals surface area contributed by atoms with Crippen LogP contribution < -0.4 is 11.1 Å². The molecule has 20 heavy (non-hydrogen) atoms. The van der Waals surface area contributed by atoms with Crippen LogP contribution >= 0.6 is 12.2 Å². The van der Waals surface area contributed by atoms with E-state index in [2.05, 4.69) is 5.32 Å². The molecule has 0 fully saturated rings. The van der Waals surface area contributed by atoms with Crippen molar-refractivity contribution in [1.29, 1.82) is 0 Å². The maximum Gasteiger partial charge on any atom is 0.233 e. The highest BCUT2D eigenvalue weighted by Gasteiger charge is 2.39. The van der Waals surface area contributed by atoms with Gasteiger partial charge in [-0.3, -0.25) is 4.79 Å². The smallest absolute Gasteiger partial charge is 0.233 e. The molecular formula is C13H26N2O3S2. The highest BCUT2D eigenvalue weighted by Crippen LogP contribution is 2.30. The van der Waals surface area contributed by atoms with Gasteiger partial charge in [-0.25, -0.2) is 8.42 Å². The molecule has 0 aliphatic heterocycles. The lowest BCUT2D eigenvalue weighted by Gasteiger charge is -2.31. The van der Waals surface area contributed by atoms with E-state index >= 15 is 0 Å². The SMILES string of the molecule is CCCC(CCC)(C(=O)NCCCS(C)(=O)=O)C(N)=S. The first-order valence-electron chi connectivity index (χ1n) is 6.95. The fourth-order valence-corrected chi connectivity index (χ4v) is 3.23. The van der Waals surface area contributed by atoms with Crippen molar-refractivity contribution in [3.8, 4) is 0 Å². The number of thiocarbonyl (C=S) groups is 1. The van der Waals surface area contributed by atoms with Crippen LogP contribution in [0.4, 0.5) is 0 Å². The van der Waals surface area contributed by atoms with Crippen molar-refractivity contribution in [3.05, 3.63) is 0 Å². The van der Waals surface area contributed by atoms with E-state index in [4.69, 9.17) is 18.0 Å². The molecule has 0 aliphatic rings. The van der Waals surface area contributed by atoms with Gasteiger partial charge in [-0.2, -0.15) is 0 Å². The number of amides is 1. The van der Waals surface area contributed by atoms with Gasteiger partial charge in [0.1, 0.15) is 9.84 Å². The van der Waals surface area contributed by atoms with Crippen molar-refractivity contribution in [2.45, 2.75) is 46.0 Å². The number of carbonyl (C=O) groups is 1. The van der Waals surface area contributed by atoms with Gasteiger partial charge in [-0.05, 0) is 19.3 Å². The molecule has 0 spiro atoms. The van der Waals surface area contributed by atoms with Crippen molar-refractivity contribution in [1.82, 2.24) is 5.32 Å². The third-order valence-corrected chi connectivity index (χ3v) is 4.66. The van der Waals surface area contributed by atoms with Crippen LogP contribution in [0.5, 0.6) is 0 Å². The Morgan fingerprint density at radius 1 is 1.25 bits per heavy atom. The van der Waals surface area contributed by atoms with Gasteiger partial charge in [0.15, 0.2) is 0 Å². The molecule has 0 aliphatic carbocycles. The lowest BCUT2D eigenvalue weighted by atomic mass is 9.78. The molecule has 3 N–H and O–H groups in total. The molecule has 5 nitrogen and oxygen atoms in total. The van der Waals surface area contributed by atoms with Crippen LogP contribution in [0.15, 0.2) is 0 Å². The average molecular weight is 322 g/mol. The maximum absolute atomic E-state index is 12.4. The van der Waals surface area contributed by atoms with E-state index in [0.29, 0.717) is 25.8 Å². The number of nitrogens with two attached hydrogens (primary N) is 1. The minimum Gasteiger partial charge on any atom is -0.392 e. The summed E-state index contributed by atoms with van der Waals surface area (Å²) in [4.78, 5) is 12.6.